The van der Waals surface area contributed by atoms with E-state index in [1.165, 1.54) is 6.42 Å². The van der Waals surface area contributed by atoms with E-state index in [-0.39, 0.29) is 30.0 Å². The Morgan fingerprint density at radius 3 is 2.77 bits per heavy atom. The summed E-state index contributed by atoms with van der Waals surface area (Å²) < 4.78 is 6.78. The predicted molar refractivity (Wildman–Crippen MR) is 115 cm³/mol. The lowest BCUT2D eigenvalue weighted by Crippen LogP contribution is -2.36. The van der Waals surface area contributed by atoms with Gasteiger partial charge < -0.3 is 19.9 Å². The van der Waals surface area contributed by atoms with Gasteiger partial charge in [0.1, 0.15) is 18.2 Å². The van der Waals surface area contributed by atoms with Gasteiger partial charge in [-0.2, -0.15) is 5.26 Å². The van der Waals surface area contributed by atoms with Crippen LogP contribution < -0.4 is 10.6 Å². The molecular formula is C23H28N4O3. The van der Waals surface area contributed by atoms with Gasteiger partial charge in [-0.05, 0) is 25.0 Å². The van der Waals surface area contributed by atoms with E-state index in [9.17, 15) is 14.9 Å². The van der Waals surface area contributed by atoms with Gasteiger partial charge in [0.25, 0.3) is 5.91 Å². The summed E-state index contributed by atoms with van der Waals surface area (Å²) in [6.07, 6.45) is 8.76. The van der Waals surface area contributed by atoms with E-state index in [1.54, 1.807) is 13.2 Å². The van der Waals surface area contributed by atoms with E-state index in [1.807, 2.05) is 41.1 Å². The van der Waals surface area contributed by atoms with E-state index < -0.39 is 0 Å². The second-order valence-corrected chi connectivity index (χ2v) is 7.55. The van der Waals surface area contributed by atoms with Crippen LogP contribution in [-0.4, -0.2) is 42.7 Å². The lowest BCUT2D eigenvalue weighted by molar-refractivity contribution is -0.121. The van der Waals surface area contributed by atoms with Crippen molar-refractivity contribution in [2.75, 3.05) is 20.3 Å². The Balaban J connectivity index is 1.81. The first-order chi connectivity index (χ1) is 14.6. The van der Waals surface area contributed by atoms with Crippen molar-refractivity contribution in [3.05, 3.63) is 41.6 Å². The van der Waals surface area contributed by atoms with Crippen molar-refractivity contribution < 1.29 is 14.3 Å². The van der Waals surface area contributed by atoms with Gasteiger partial charge in [-0.15, -0.1) is 0 Å². The number of nitrogens with zero attached hydrogens (tertiary/aromatic N) is 2. The van der Waals surface area contributed by atoms with Crippen molar-refractivity contribution in [3.8, 4) is 6.07 Å². The summed E-state index contributed by atoms with van der Waals surface area (Å²) in [5.74, 6) is -0.461. The van der Waals surface area contributed by atoms with E-state index >= 15 is 0 Å². The number of fused-ring (bicyclic) bond motifs is 1. The average molecular weight is 409 g/mol. The Hall–Kier alpha value is -3.11. The lowest BCUT2D eigenvalue weighted by Gasteiger charge is -2.22. The Morgan fingerprint density at radius 2 is 2.03 bits per heavy atom. The first-order valence-electron chi connectivity index (χ1n) is 10.4. The molecule has 3 rings (SSSR count). The summed E-state index contributed by atoms with van der Waals surface area (Å²) in [7, 11) is 1.58. The highest BCUT2D eigenvalue weighted by atomic mass is 16.5. The molecule has 30 heavy (non-hydrogen) atoms. The number of carbonyl (C=O) groups excluding carboxylic acids is 2. The molecule has 2 aromatic rings. The van der Waals surface area contributed by atoms with Crippen LogP contribution in [0.5, 0.6) is 0 Å². The van der Waals surface area contributed by atoms with Crippen LogP contribution in [0.4, 0.5) is 0 Å². The highest BCUT2D eigenvalue weighted by Crippen LogP contribution is 2.24. The molecule has 0 spiro atoms. The third-order valence-corrected chi connectivity index (χ3v) is 5.37. The van der Waals surface area contributed by atoms with Crippen molar-refractivity contribution in [1.29, 1.82) is 5.26 Å². The van der Waals surface area contributed by atoms with Gasteiger partial charge in [-0.25, -0.2) is 0 Å². The van der Waals surface area contributed by atoms with Crippen LogP contribution in [-0.2, 0) is 20.9 Å². The molecule has 1 aliphatic carbocycles. The number of hydrogen-bond donors (Lipinski definition) is 2. The lowest BCUT2D eigenvalue weighted by atomic mass is 9.95. The number of aromatic nitrogens is 1. The molecule has 2 N–H and O–H groups in total. The van der Waals surface area contributed by atoms with Crippen LogP contribution in [0.1, 0.15) is 37.7 Å². The highest BCUT2D eigenvalue weighted by Gasteiger charge is 2.19. The molecule has 7 nitrogen and oxygen atoms in total. The van der Waals surface area contributed by atoms with Gasteiger partial charge in [0.05, 0.1) is 6.61 Å². The number of para-hydroxylation sites is 1. The van der Waals surface area contributed by atoms with Gasteiger partial charge >= 0.3 is 0 Å². The number of benzene rings is 1. The second-order valence-electron chi connectivity index (χ2n) is 7.55. The summed E-state index contributed by atoms with van der Waals surface area (Å²) in [5.41, 5.74) is 1.69. The first kappa shape index (κ1) is 21.6. The minimum absolute atomic E-state index is 0.0769. The van der Waals surface area contributed by atoms with E-state index in [4.69, 9.17) is 4.74 Å². The number of nitriles is 1. The third-order valence-electron chi connectivity index (χ3n) is 5.37. The molecule has 1 aromatic carbocycles. The van der Waals surface area contributed by atoms with Gasteiger partial charge in [-0.3, -0.25) is 9.59 Å². The highest BCUT2D eigenvalue weighted by molar-refractivity contribution is 6.04. The molecule has 0 bridgehead atoms. The molecule has 1 heterocycles. The Labute approximate surface area is 176 Å². The summed E-state index contributed by atoms with van der Waals surface area (Å²) in [5, 5.41) is 16.3. The Morgan fingerprint density at radius 1 is 1.27 bits per heavy atom. The van der Waals surface area contributed by atoms with Crippen molar-refractivity contribution >= 4 is 28.8 Å². The zero-order chi connectivity index (χ0) is 21.3. The summed E-state index contributed by atoms with van der Waals surface area (Å²) >= 11 is 0. The number of rotatable bonds is 8. The number of amides is 2. The van der Waals surface area contributed by atoms with Crippen LogP contribution in [0.15, 0.2) is 36.0 Å². The van der Waals surface area contributed by atoms with Gasteiger partial charge in [0.2, 0.25) is 5.91 Å². The van der Waals surface area contributed by atoms with E-state index in [2.05, 4.69) is 10.6 Å². The summed E-state index contributed by atoms with van der Waals surface area (Å²) in [6.45, 7) is 1.04. The number of methoxy groups -OCH3 is 1. The minimum Gasteiger partial charge on any atom is -0.383 e. The largest absolute Gasteiger partial charge is 0.383 e. The second kappa shape index (κ2) is 10.6. The fourth-order valence-corrected chi connectivity index (χ4v) is 3.84. The van der Waals surface area contributed by atoms with Crippen molar-refractivity contribution in [2.24, 2.45) is 0 Å². The molecule has 158 valence electrons. The zero-order valence-corrected chi connectivity index (χ0v) is 17.3. The molecular weight excluding hydrogens is 380 g/mol. The molecule has 1 saturated carbocycles. The molecule has 0 atom stereocenters. The molecule has 0 unspecified atom stereocenters. The molecule has 1 aromatic heterocycles. The van der Waals surface area contributed by atoms with Gasteiger partial charge in [-0.1, -0.05) is 37.5 Å². The quantitative estimate of drug-likeness (QED) is 0.399. The smallest absolute Gasteiger partial charge is 0.262 e. The molecule has 0 aliphatic heterocycles. The number of ether oxygens (including phenoxy) is 1. The topological polar surface area (TPSA) is 96.2 Å². The number of hydrogen-bond acceptors (Lipinski definition) is 4. The van der Waals surface area contributed by atoms with E-state index in [0.717, 1.165) is 42.1 Å². The maximum absolute atomic E-state index is 12.6. The van der Waals surface area contributed by atoms with Crippen LogP contribution in [0.3, 0.4) is 0 Å². The average Bonchev–Trinajstić information content (AvgIpc) is 3.10. The minimum atomic E-state index is -0.335. The van der Waals surface area contributed by atoms with Gasteiger partial charge in [0, 0.05) is 42.4 Å². The summed E-state index contributed by atoms with van der Waals surface area (Å²) in [4.78, 5) is 24.9. The standard InChI is InChI=1S/C23H28N4O3/c1-30-12-11-25-22(28)16-27-15-18(20-9-5-6-10-21(20)27)13-17(14-24)23(29)26-19-7-3-2-4-8-19/h5-6,9-10,13,15,19H,2-4,7-8,11-12,16H2,1H3,(H,25,28)(H,26,29). The fraction of sp³-hybridized carbons (Fsp3) is 0.435. The van der Waals surface area contributed by atoms with Crippen LogP contribution in [0.2, 0.25) is 0 Å². The summed E-state index contributed by atoms with van der Waals surface area (Å²) in [6, 6.07) is 9.82. The number of carbonyl (C=O) groups is 2. The maximum atomic E-state index is 12.6. The van der Waals surface area contributed by atoms with Crippen molar-refractivity contribution in [2.45, 2.75) is 44.7 Å². The maximum Gasteiger partial charge on any atom is 0.262 e. The van der Waals surface area contributed by atoms with Gasteiger partial charge in [0.15, 0.2) is 0 Å². The van der Waals surface area contributed by atoms with E-state index in [0.29, 0.717) is 13.2 Å². The first-order valence-corrected chi connectivity index (χ1v) is 10.4. The molecule has 7 heteroatoms. The van der Waals surface area contributed by atoms with Crippen molar-refractivity contribution in [3.63, 3.8) is 0 Å². The van der Waals surface area contributed by atoms with Crippen molar-refractivity contribution in [1.82, 2.24) is 15.2 Å². The molecule has 1 fully saturated rings. The third kappa shape index (κ3) is 5.49. The normalized spacial score (nSPS) is 15.0. The Bertz CT molecular complexity index is 964. The molecule has 0 saturated heterocycles. The zero-order valence-electron chi connectivity index (χ0n) is 17.3. The SMILES string of the molecule is COCCNC(=O)Cn1cc(C=C(C#N)C(=O)NC2CCCCC2)c2ccccc21. The molecule has 2 amide bonds. The predicted octanol–water partition coefficient (Wildman–Crippen LogP) is 2.76. The van der Waals surface area contributed by atoms with Crippen LogP contribution in [0.25, 0.3) is 17.0 Å². The van der Waals surface area contributed by atoms with Crippen LogP contribution in [0, 0.1) is 11.3 Å². The number of nitrogens with one attached hydrogen (secondary N) is 2. The fourth-order valence-electron chi connectivity index (χ4n) is 3.84. The molecule has 1 aliphatic rings. The Kier molecular flexibility index (Phi) is 7.63. The van der Waals surface area contributed by atoms with Crippen LogP contribution >= 0.6 is 0 Å². The monoisotopic (exact) mass is 408 g/mol. The molecule has 0 radical (unpaired) electrons.